The summed E-state index contributed by atoms with van der Waals surface area (Å²) >= 11 is 5.89. The molecule has 2 aromatic rings. The zero-order chi connectivity index (χ0) is 23.4. The number of anilines is 1. The van der Waals surface area contributed by atoms with Gasteiger partial charge in [-0.2, -0.15) is 0 Å². The summed E-state index contributed by atoms with van der Waals surface area (Å²) in [6.07, 6.45) is -0.573. The number of fused-ring (bicyclic) bond motifs is 1. The number of hydrogen-bond donors (Lipinski definition) is 2. The molecule has 3 rings (SSSR count). The van der Waals surface area contributed by atoms with Gasteiger partial charge in [0.15, 0.2) is 6.10 Å². The highest BCUT2D eigenvalue weighted by atomic mass is 35.5. The summed E-state index contributed by atoms with van der Waals surface area (Å²) in [6, 6.07) is 10.2. The van der Waals surface area contributed by atoms with Crippen LogP contribution >= 0.6 is 11.6 Å². The van der Waals surface area contributed by atoms with E-state index in [0.29, 0.717) is 29.1 Å². The van der Waals surface area contributed by atoms with E-state index in [1.807, 2.05) is 0 Å². The van der Waals surface area contributed by atoms with Crippen molar-refractivity contribution in [3.63, 3.8) is 0 Å². The molecule has 168 valence electrons. The van der Waals surface area contributed by atoms with Crippen molar-refractivity contribution in [3.05, 3.63) is 64.2 Å². The number of amides is 3. The molecular weight excluding hydrogens is 434 g/mol. The zero-order valence-corrected chi connectivity index (χ0v) is 18.5. The third-order valence-electron chi connectivity index (χ3n) is 5.28. The van der Waals surface area contributed by atoms with Crippen LogP contribution in [0.1, 0.15) is 47.8 Å². The second-order valence-electron chi connectivity index (χ2n) is 7.58. The van der Waals surface area contributed by atoms with Crippen molar-refractivity contribution in [2.24, 2.45) is 5.73 Å². The summed E-state index contributed by atoms with van der Waals surface area (Å²) < 4.78 is 5.33. The molecule has 1 aliphatic heterocycles. The number of urea groups is 1. The van der Waals surface area contributed by atoms with Crippen LogP contribution < -0.4 is 16.0 Å². The van der Waals surface area contributed by atoms with Crippen molar-refractivity contribution >= 4 is 41.0 Å². The Hall–Kier alpha value is -3.39. The fraction of sp³-hybridized carbons (Fsp3) is 0.304. The predicted molar refractivity (Wildman–Crippen MR) is 120 cm³/mol. The molecule has 1 heterocycles. The van der Waals surface area contributed by atoms with Crippen LogP contribution in [0.5, 0.6) is 0 Å². The molecular formula is C23H24ClN3O5. The Balaban J connectivity index is 1.66. The number of benzene rings is 2. The van der Waals surface area contributed by atoms with Crippen LogP contribution in [0.3, 0.4) is 0 Å². The minimum Gasteiger partial charge on any atom is -0.454 e. The Morgan fingerprint density at radius 3 is 2.47 bits per heavy atom. The van der Waals surface area contributed by atoms with Gasteiger partial charge in [0.25, 0.3) is 0 Å². The predicted octanol–water partition coefficient (Wildman–Crippen LogP) is 3.16. The lowest BCUT2D eigenvalue weighted by molar-refractivity contribution is -0.146. The van der Waals surface area contributed by atoms with Crippen molar-refractivity contribution in [2.75, 3.05) is 11.4 Å². The van der Waals surface area contributed by atoms with Crippen LogP contribution in [-0.4, -0.2) is 36.3 Å². The van der Waals surface area contributed by atoms with Gasteiger partial charge in [-0.25, -0.2) is 4.79 Å². The van der Waals surface area contributed by atoms with Crippen LogP contribution in [0, 0.1) is 0 Å². The SMILES string of the molecule is CC(=O)N1CCc2cc(C(=O)[C@H](C)OC(=O)C[C@H](NC(N)=O)c3ccc(Cl)cc3)ccc21. The first-order valence-electron chi connectivity index (χ1n) is 10.1. The number of nitrogens with two attached hydrogens (primary N) is 1. The summed E-state index contributed by atoms with van der Waals surface area (Å²) in [5, 5.41) is 3.01. The number of nitrogens with zero attached hydrogens (tertiary/aromatic N) is 1. The Labute approximate surface area is 190 Å². The van der Waals surface area contributed by atoms with Gasteiger partial charge < -0.3 is 20.7 Å². The molecule has 0 spiro atoms. The quantitative estimate of drug-likeness (QED) is 0.489. The molecule has 32 heavy (non-hydrogen) atoms. The van der Waals surface area contributed by atoms with Gasteiger partial charge in [-0.1, -0.05) is 23.7 Å². The number of carbonyl (C=O) groups excluding carboxylic acids is 4. The number of carbonyl (C=O) groups is 4. The largest absolute Gasteiger partial charge is 0.454 e. The Morgan fingerprint density at radius 1 is 1.16 bits per heavy atom. The van der Waals surface area contributed by atoms with E-state index in [1.54, 1.807) is 47.4 Å². The monoisotopic (exact) mass is 457 g/mol. The van der Waals surface area contributed by atoms with Gasteiger partial charge in [-0.05, 0) is 54.8 Å². The zero-order valence-electron chi connectivity index (χ0n) is 17.8. The number of halogens is 1. The molecule has 0 saturated heterocycles. The van der Waals surface area contributed by atoms with E-state index in [0.717, 1.165) is 11.3 Å². The molecule has 3 N–H and O–H groups in total. The van der Waals surface area contributed by atoms with E-state index in [2.05, 4.69) is 5.32 Å². The fourth-order valence-corrected chi connectivity index (χ4v) is 3.83. The molecule has 0 fully saturated rings. The van der Waals surface area contributed by atoms with E-state index < -0.39 is 24.1 Å². The van der Waals surface area contributed by atoms with E-state index >= 15 is 0 Å². The maximum absolute atomic E-state index is 12.8. The second kappa shape index (κ2) is 9.82. The summed E-state index contributed by atoms with van der Waals surface area (Å²) in [6.45, 7) is 3.57. The highest BCUT2D eigenvalue weighted by Crippen LogP contribution is 2.29. The number of ether oxygens (including phenoxy) is 1. The molecule has 0 bridgehead atoms. The Morgan fingerprint density at radius 2 is 1.84 bits per heavy atom. The maximum atomic E-state index is 12.8. The van der Waals surface area contributed by atoms with Crippen LogP contribution in [0.15, 0.2) is 42.5 Å². The normalized spacial score (nSPS) is 14.3. The van der Waals surface area contributed by atoms with Crippen molar-refractivity contribution in [2.45, 2.75) is 38.8 Å². The molecule has 8 nitrogen and oxygen atoms in total. The molecule has 0 aliphatic carbocycles. The summed E-state index contributed by atoms with van der Waals surface area (Å²) in [7, 11) is 0. The average molecular weight is 458 g/mol. The second-order valence-corrected chi connectivity index (χ2v) is 8.01. The number of esters is 1. The van der Waals surface area contributed by atoms with Crippen molar-refractivity contribution in [1.29, 1.82) is 0 Å². The van der Waals surface area contributed by atoms with Gasteiger partial charge in [0, 0.05) is 29.7 Å². The van der Waals surface area contributed by atoms with E-state index in [4.69, 9.17) is 22.1 Å². The molecule has 0 radical (unpaired) electrons. The third kappa shape index (κ3) is 5.45. The van der Waals surface area contributed by atoms with Crippen LogP contribution in [0.4, 0.5) is 10.5 Å². The topological polar surface area (TPSA) is 119 Å². The Bertz CT molecular complexity index is 1050. The van der Waals surface area contributed by atoms with Gasteiger partial charge in [0.1, 0.15) is 0 Å². The number of nitrogens with one attached hydrogen (secondary N) is 1. The number of ketones is 1. The van der Waals surface area contributed by atoms with Gasteiger partial charge in [-0.3, -0.25) is 14.4 Å². The molecule has 9 heteroatoms. The third-order valence-corrected chi connectivity index (χ3v) is 5.53. The van der Waals surface area contributed by atoms with Crippen molar-refractivity contribution in [3.8, 4) is 0 Å². The van der Waals surface area contributed by atoms with Crippen LogP contribution in [0.2, 0.25) is 5.02 Å². The number of primary amides is 1. The summed E-state index contributed by atoms with van der Waals surface area (Å²) in [5.74, 6) is -1.07. The molecule has 3 amide bonds. The minimum atomic E-state index is -1.02. The highest BCUT2D eigenvalue weighted by Gasteiger charge is 2.26. The van der Waals surface area contributed by atoms with Gasteiger partial charge in [-0.15, -0.1) is 0 Å². The van der Waals surface area contributed by atoms with Gasteiger partial charge >= 0.3 is 12.0 Å². The average Bonchev–Trinajstić information content (AvgIpc) is 3.16. The number of rotatable bonds is 7. The molecule has 0 saturated carbocycles. The Kier molecular flexibility index (Phi) is 7.15. The van der Waals surface area contributed by atoms with E-state index in [-0.39, 0.29) is 18.1 Å². The first-order valence-corrected chi connectivity index (χ1v) is 10.5. The van der Waals surface area contributed by atoms with Gasteiger partial charge in [0.2, 0.25) is 11.7 Å². The number of hydrogen-bond acceptors (Lipinski definition) is 5. The van der Waals surface area contributed by atoms with Gasteiger partial charge in [0.05, 0.1) is 12.5 Å². The summed E-state index contributed by atoms with van der Waals surface area (Å²) in [5.41, 5.74) is 7.95. The standard InChI is InChI=1S/C23H24ClN3O5/c1-13(22(30)17-5-8-20-16(11-17)9-10-27(20)14(2)28)32-21(29)12-19(26-23(25)31)15-3-6-18(24)7-4-15/h3-8,11,13,19H,9-10,12H2,1-2H3,(H3,25,26,31)/t13-,19-/m0/s1. The maximum Gasteiger partial charge on any atom is 0.312 e. The molecule has 2 aromatic carbocycles. The fourth-order valence-electron chi connectivity index (χ4n) is 3.70. The lowest BCUT2D eigenvalue weighted by atomic mass is 10.0. The van der Waals surface area contributed by atoms with Crippen molar-refractivity contribution < 1.29 is 23.9 Å². The molecule has 2 atom stereocenters. The lowest BCUT2D eigenvalue weighted by Gasteiger charge is -2.19. The molecule has 1 aliphatic rings. The van der Waals surface area contributed by atoms with E-state index in [9.17, 15) is 19.2 Å². The molecule has 0 unspecified atom stereocenters. The van der Waals surface area contributed by atoms with Crippen molar-refractivity contribution in [1.82, 2.24) is 5.32 Å². The first kappa shape index (κ1) is 23.3. The first-order chi connectivity index (χ1) is 15.2. The smallest absolute Gasteiger partial charge is 0.312 e. The van der Waals surface area contributed by atoms with Crippen LogP contribution in [-0.2, 0) is 20.7 Å². The summed E-state index contributed by atoms with van der Waals surface area (Å²) in [4.78, 5) is 50.0. The minimum absolute atomic E-state index is 0.0510. The van der Waals surface area contributed by atoms with Crippen LogP contribution in [0.25, 0.3) is 0 Å². The number of Topliss-reactive ketones (excluding diaryl/α,β-unsaturated/α-hetero) is 1. The molecule has 0 aromatic heterocycles. The highest BCUT2D eigenvalue weighted by molar-refractivity contribution is 6.30. The van der Waals surface area contributed by atoms with E-state index in [1.165, 1.54) is 13.8 Å². The lowest BCUT2D eigenvalue weighted by Crippen LogP contribution is -2.35.